The molecule has 2 heterocycles. The van der Waals surface area contributed by atoms with E-state index in [0.29, 0.717) is 18.2 Å². The minimum atomic E-state index is -0.127. The van der Waals surface area contributed by atoms with Gasteiger partial charge in [0.2, 0.25) is 0 Å². The first-order chi connectivity index (χ1) is 12.1. The van der Waals surface area contributed by atoms with Crippen molar-refractivity contribution in [2.24, 2.45) is 13.0 Å². The summed E-state index contributed by atoms with van der Waals surface area (Å²) in [7, 11) is 1.63. The molecule has 3 rings (SSSR count). The molecule has 0 unspecified atom stereocenters. The van der Waals surface area contributed by atoms with Gasteiger partial charge in [0.25, 0.3) is 11.5 Å². The van der Waals surface area contributed by atoms with Crippen molar-refractivity contribution in [1.82, 2.24) is 15.1 Å². The molecule has 1 atom stereocenters. The minimum absolute atomic E-state index is 0.0130. The molecule has 0 saturated carbocycles. The maximum Gasteiger partial charge on any atom is 0.268 e. The molecule has 25 heavy (non-hydrogen) atoms. The summed E-state index contributed by atoms with van der Waals surface area (Å²) in [5.74, 6) is 0.908. The standard InChI is InChI=1S/C18H22N4O3/c1-21-18(24)9-15(11-20-21)22-8-7-14(12-22)10-19-17(23)13-25-16-5-3-2-4-6-16/h2-6,9,11,14H,7-8,10,12-13H2,1H3,(H,19,23)/t14-/m0/s1. The number of anilines is 1. The summed E-state index contributed by atoms with van der Waals surface area (Å²) in [5.41, 5.74) is 0.719. The predicted molar refractivity (Wildman–Crippen MR) is 94.7 cm³/mol. The topological polar surface area (TPSA) is 76.5 Å². The number of carbonyl (C=O) groups excluding carboxylic acids is 1. The molecule has 1 aliphatic rings. The van der Waals surface area contributed by atoms with Crippen LogP contribution in [-0.2, 0) is 11.8 Å². The third-order valence-corrected chi connectivity index (χ3v) is 4.31. The number of nitrogens with zero attached hydrogens (tertiary/aromatic N) is 3. The number of nitrogens with one attached hydrogen (secondary N) is 1. The normalized spacial score (nSPS) is 16.7. The molecule has 0 radical (unpaired) electrons. The Bertz CT molecular complexity index is 775. The second-order valence-electron chi connectivity index (χ2n) is 6.18. The van der Waals surface area contributed by atoms with Gasteiger partial charge in [0, 0.05) is 32.7 Å². The summed E-state index contributed by atoms with van der Waals surface area (Å²) in [6.45, 7) is 2.27. The van der Waals surface area contributed by atoms with Gasteiger partial charge in [-0.05, 0) is 24.5 Å². The summed E-state index contributed by atoms with van der Waals surface area (Å²) >= 11 is 0. The highest BCUT2D eigenvalue weighted by molar-refractivity contribution is 5.77. The number of benzene rings is 1. The first kappa shape index (κ1) is 17.0. The zero-order valence-electron chi connectivity index (χ0n) is 14.2. The van der Waals surface area contributed by atoms with Gasteiger partial charge in [0.05, 0.1) is 11.9 Å². The second-order valence-corrected chi connectivity index (χ2v) is 6.18. The van der Waals surface area contributed by atoms with Crippen LogP contribution in [0.2, 0.25) is 0 Å². The Morgan fingerprint density at radius 3 is 2.92 bits per heavy atom. The molecule has 7 nitrogen and oxygen atoms in total. The molecular formula is C18H22N4O3. The maximum absolute atomic E-state index is 11.9. The molecule has 1 amide bonds. The fourth-order valence-electron chi connectivity index (χ4n) is 2.84. The van der Waals surface area contributed by atoms with E-state index in [-0.39, 0.29) is 18.1 Å². The van der Waals surface area contributed by atoms with Crippen LogP contribution in [0.15, 0.2) is 47.4 Å². The van der Waals surface area contributed by atoms with E-state index in [0.717, 1.165) is 25.2 Å². The highest BCUT2D eigenvalue weighted by Crippen LogP contribution is 2.21. The van der Waals surface area contributed by atoms with Crippen molar-refractivity contribution in [3.8, 4) is 5.75 Å². The van der Waals surface area contributed by atoms with Crippen molar-refractivity contribution < 1.29 is 9.53 Å². The Hall–Kier alpha value is -2.83. The fraction of sp³-hybridized carbons (Fsp3) is 0.389. The number of aromatic nitrogens is 2. The van der Waals surface area contributed by atoms with E-state index in [4.69, 9.17) is 4.74 Å². The number of carbonyl (C=O) groups is 1. The van der Waals surface area contributed by atoms with Crippen LogP contribution in [0.1, 0.15) is 6.42 Å². The van der Waals surface area contributed by atoms with E-state index in [2.05, 4.69) is 15.3 Å². The van der Waals surface area contributed by atoms with Crippen LogP contribution in [0.5, 0.6) is 5.75 Å². The smallest absolute Gasteiger partial charge is 0.268 e. The molecule has 1 N–H and O–H groups in total. The van der Waals surface area contributed by atoms with Crippen LogP contribution in [0.4, 0.5) is 5.69 Å². The summed E-state index contributed by atoms with van der Waals surface area (Å²) < 4.78 is 6.74. The molecule has 1 fully saturated rings. The molecule has 1 aliphatic heterocycles. The lowest BCUT2D eigenvalue weighted by atomic mass is 10.1. The van der Waals surface area contributed by atoms with Gasteiger partial charge >= 0.3 is 0 Å². The number of rotatable bonds is 6. The van der Waals surface area contributed by atoms with Crippen molar-refractivity contribution in [3.63, 3.8) is 0 Å². The quantitative estimate of drug-likeness (QED) is 0.840. The van der Waals surface area contributed by atoms with Gasteiger partial charge in [0.1, 0.15) is 5.75 Å². The molecule has 0 bridgehead atoms. The Labute approximate surface area is 146 Å². The van der Waals surface area contributed by atoms with Gasteiger partial charge < -0.3 is 15.0 Å². The first-order valence-electron chi connectivity index (χ1n) is 8.34. The van der Waals surface area contributed by atoms with E-state index in [9.17, 15) is 9.59 Å². The Balaban J connectivity index is 1.43. The van der Waals surface area contributed by atoms with Crippen LogP contribution in [0.3, 0.4) is 0 Å². The molecule has 2 aromatic rings. The van der Waals surface area contributed by atoms with E-state index >= 15 is 0 Å². The molecule has 0 spiro atoms. The average molecular weight is 342 g/mol. The summed E-state index contributed by atoms with van der Waals surface area (Å²) in [6.07, 6.45) is 2.67. The van der Waals surface area contributed by atoms with Gasteiger partial charge in [0.15, 0.2) is 6.61 Å². The zero-order chi connectivity index (χ0) is 17.6. The largest absolute Gasteiger partial charge is 0.484 e. The van der Waals surface area contributed by atoms with Crippen LogP contribution in [0, 0.1) is 5.92 Å². The molecule has 1 aromatic heterocycles. The highest BCUT2D eigenvalue weighted by atomic mass is 16.5. The number of aryl methyl sites for hydroxylation is 1. The molecule has 7 heteroatoms. The van der Waals surface area contributed by atoms with Crippen LogP contribution in [-0.4, -0.2) is 41.9 Å². The van der Waals surface area contributed by atoms with Crippen molar-refractivity contribution in [2.75, 3.05) is 31.1 Å². The van der Waals surface area contributed by atoms with Gasteiger partial charge in [-0.1, -0.05) is 18.2 Å². The van der Waals surface area contributed by atoms with Crippen molar-refractivity contribution in [1.29, 1.82) is 0 Å². The molecule has 1 aromatic carbocycles. The molecule has 0 aliphatic carbocycles. The van der Waals surface area contributed by atoms with Gasteiger partial charge in [-0.15, -0.1) is 0 Å². The summed E-state index contributed by atoms with van der Waals surface area (Å²) in [4.78, 5) is 25.7. The molecular weight excluding hydrogens is 320 g/mol. The average Bonchev–Trinajstić information content (AvgIpc) is 3.10. The third kappa shape index (κ3) is 4.59. The van der Waals surface area contributed by atoms with Crippen LogP contribution in [0.25, 0.3) is 0 Å². The summed E-state index contributed by atoms with van der Waals surface area (Å²) in [6, 6.07) is 10.9. The Morgan fingerprint density at radius 1 is 1.36 bits per heavy atom. The monoisotopic (exact) mass is 342 g/mol. The van der Waals surface area contributed by atoms with Crippen LogP contribution >= 0.6 is 0 Å². The van der Waals surface area contributed by atoms with Gasteiger partial charge in [-0.25, -0.2) is 4.68 Å². The van der Waals surface area contributed by atoms with Crippen molar-refractivity contribution in [3.05, 3.63) is 52.9 Å². The first-order valence-corrected chi connectivity index (χ1v) is 8.34. The second kappa shape index (κ2) is 7.83. The maximum atomic E-state index is 11.9. The number of ether oxygens (including phenoxy) is 1. The van der Waals surface area contributed by atoms with Crippen molar-refractivity contribution in [2.45, 2.75) is 6.42 Å². The Morgan fingerprint density at radius 2 is 2.16 bits per heavy atom. The lowest BCUT2D eigenvalue weighted by Crippen LogP contribution is -2.34. The molecule has 132 valence electrons. The Kier molecular flexibility index (Phi) is 5.33. The lowest BCUT2D eigenvalue weighted by molar-refractivity contribution is -0.123. The molecule has 1 saturated heterocycles. The van der Waals surface area contributed by atoms with Crippen LogP contribution < -0.4 is 20.5 Å². The van der Waals surface area contributed by atoms with Gasteiger partial charge in [-0.3, -0.25) is 9.59 Å². The zero-order valence-corrected chi connectivity index (χ0v) is 14.2. The lowest BCUT2D eigenvalue weighted by Gasteiger charge is -2.18. The third-order valence-electron chi connectivity index (χ3n) is 4.31. The van der Waals surface area contributed by atoms with E-state index in [1.54, 1.807) is 19.3 Å². The number of hydrogen-bond donors (Lipinski definition) is 1. The van der Waals surface area contributed by atoms with Gasteiger partial charge in [-0.2, -0.15) is 5.10 Å². The van der Waals surface area contributed by atoms with E-state index in [1.165, 1.54) is 4.68 Å². The fourth-order valence-corrected chi connectivity index (χ4v) is 2.84. The summed E-state index contributed by atoms with van der Waals surface area (Å²) in [5, 5.41) is 6.97. The minimum Gasteiger partial charge on any atom is -0.484 e. The van der Waals surface area contributed by atoms with E-state index < -0.39 is 0 Å². The van der Waals surface area contributed by atoms with Crippen molar-refractivity contribution >= 4 is 11.6 Å². The predicted octanol–water partition coefficient (Wildman–Crippen LogP) is 0.802. The number of hydrogen-bond acceptors (Lipinski definition) is 5. The number of para-hydroxylation sites is 1. The highest BCUT2D eigenvalue weighted by Gasteiger charge is 2.23. The van der Waals surface area contributed by atoms with E-state index in [1.807, 2.05) is 30.3 Å². The SMILES string of the molecule is Cn1ncc(N2CC[C@@H](CNC(=O)COc3ccccc3)C2)cc1=O. The number of amides is 1.